The first-order valence-electron chi connectivity index (χ1n) is 8.95. The Morgan fingerprint density at radius 2 is 1.96 bits per heavy atom. The second-order valence-electron chi connectivity index (χ2n) is 7.10. The standard InChI is InChI=1S/C22H23N3O2S/c1-5-6-18-14(2)23-19(15-11-12-28-13-15)25-20(18)24-17-9-7-16(8-10-17)22(3,4)21(26)27/h5,7-13H,1,6H2,2-4H3,(H,26,27)(H,23,24,25). The van der Waals surface area contributed by atoms with Crippen LogP contribution in [0.15, 0.2) is 53.7 Å². The van der Waals surface area contributed by atoms with E-state index in [2.05, 4.69) is 16.9 Å². The Balaban J connectivity index is 1.96. The van der Waals surface area contributed by atoms with Gasteiger partial charge in [0.1, 0.15) is 5.82 Å². The van der Waals surface area contributed by atoms with Crippen molar-refractivity contribution >= 4 is 28.8 Å². The van der Waals surface area contributed by atoms with Crippen LogP contribution in [0, 0.1) is 6.92 Å². The van der Waals surface area contributed by atoms with Gasteiger partial charge in [-0.15, -0.1) is 6.58 Å². The molecule has 144 valence electrons. The fourth-order valence-corrected chi connectivity index (χ4v) is 3.47. The molecule has 0 saturated heterocycles. The number of aliphatic carboxylic acids is 1. The number of benzene rings is 1. The van der Waals surface area contributed by atoms with Crippen molar-refractivity contribution < 1.29 is 9.90 Å². The van der Waals surface area contributed by atoms with E-state index in [1.54, 1.807) is 25.2 Å². The van der Waals surface area contributed by atoms with Gasteiger partial charge in [-0.25, -0.2) is 9.97 Å². The lowest BCUT2D eigenvalue weighted by molar-refractivity contribution is -0.142. The molecule has 5 nitrogen and oxygen atoms in total. The summed E-state index contributed by atoms with van der Waals surface area (Å²) in [6.45, 7) is 9.20. The fourth-order valence-electron chi connectivity index (χ4n) is 2.84. The van der Waals surface area contributed by atoms with E-state index >= 15 is 0 Å². The minimum absolute atomic E-state index is 0.655. The van der Waals surface area contributed by atoms with E-state index in [-0.39, 0.29) is 0 Å². The highest BCUT2D eigenvalue weighted by molar-refractivity contribution is 7.08. The molecule has 6 heteroatoms. The molecule has 0 aliphatic carbocycles. The second-order valence-corrected chi connectivity index (χ2v) is 7.88. The molecule has 0 radical (unpaired) electrons. The van der Waals surface area contributed by atoms with Gasteiger partial charge in [0.15, 0.2) is 5.82 Å². The number of carbonyl (C=O) groups is 1. The van der Waals surface area contributed by atoms with Gasteiger partial charge in [-0.3, -0.25) is 4.79 Å². The summed E-state index contributed by atoms with van der Waals surface area (Å²) in [5.74, 6) is 0.560. The van der Waals surface area contributed by atoms with Crippen molar-refractivity contribution in [3.8, 4) is 11.4 Å². The number of hydrogen-bond acceptors (Lipinski definition) is 5. The van der Waals surface area contributed by atoms with Crippen molar-refractivity contribution in [3.63, 3.8) is 0 Å². The monoisotopic (exact) mass is 393 g/mol. The SMILES string of the molecule is C=CCc1c(C)nc(-c2ccsc2)nc1Nc1ccc(C(C)(C)C(=O)O)cc1. The summed E-state index contributed by atoms with van der Waals surface area (Å²) in [5, 5.41) is 16.8. The molecule has 2 heterocycles. The maximum atomic E-state index is 11.5. The predicted octanol–water partition coefficient (Wildman–Crippen LogP) is 5.35. The minimum Gasteiger partial charge on any atom is -0.481 e. The van der Waals surface area contributed by atoms with Crippen molar-refractivity contribution in [2.24, 2.45) is 0 Å². The topological polar surface area (TPSA) is 75.1 Å². The van der Waals surface area contributed by atoms with E-state index in [1.165, 1.54) is 0 Å². The summed E-state index contributed by atoms with van der Waals surface area (Å²) in [4.78, 5) is 20.8. The van der Waals surface area contributed by atoms with Gasteiger partial charge in [-0.1, -0.05) is 18.2 Å². The molecule has 0 saturated carbocycles. The lowest BCUT2D eigenvalue weighted by Crippen LogP contribution is -2.28. The van der Waals surface area contributed by atoms with Gasteiger partial charge in [0.25, 0.3) is 0 Å². The number of nitrogens with zero attached hydrogens (tertiary/aromatic N) is 2. The van der Waals surface area contributed by atoms with E-state index < -0.39 is 11.4 Å². The number of aryl methyl sites for hydroxylation is 1. The summed E-state index contributed by atoms with van der Waals surface area (Å²) < 4.78 is 0. The van der Waals surface area contributed by atoms with E-state index in [0.29, 0.717) is 12.2 Å². The maximum absolute atomic E-state index is 11.5. The van der Waals surface area contributed by atoms with Gasteiger partial charge in [-0.2, -0.15) is 11.3 Å². The van der Waals surface area contributed by atoms with Crippen LogP contribution in [0.4, 0.5) is 11.5 Å². The average Bonchev–Trinajstić information content (AvgIpc) is 3.19. The molecule has 3 aromatic rings. The third kappa shape index (κ3) is 3.97. The molecule has 0 unspecified atom stereocenters. The number of carboxylic acids is 1. The van der Waals surface area contributed by atoms with Crippen LogP contribution < -0.4 is 5.32 Å². The lowest BCUT2D eigenvalue weighted by atomic mass is 9.85. The van der Waals surface area contributed by atoms with Crippen molar-refractivity contribution in [1.29, 1.82) is 0 Å². The van der Waals surface area contributed by atoms with Gasteiger partial charge in [0.2, 0.25) is 0 Å². The van der Waals surface area contributed by atoms with E-state index in [9.17, 15) is 9.90 Å². The second kappa shape index (κ2) is 7.94. The molecule has 3 rings (SSSR count). The molecule has 0 bridgehead atoms. The average molecular weight is 394 g/mol. The summed E-state index contributed by atoms with van der Waals surface area (Å²) in [5.41, 5.74) is 3.52. The molecule has 2 aromatic heterocycles. The number of hydrogen-bond donors (Lipinski definition) is 2. The maximum Gasteiger partial charge on any atom is 0.313 e. The van der Waals surface area contributed by atoms with E-state index in [4.69, 9.17) is 4.98 Å². The largest absolute Gasteiger partial charge is 0.481 e. The Kier molecular flexibility index (Phi) is 5.61. The molecule has 1 aromatic carbocycles. The summed E-state index contributed by atoms with van der Waals surface area (Å²) in [6.07, 6.45) is 2.49. The molecule has 0 aliphatic rings. The van der Waals surface area contributed by atoms with Crippen LogP contribution in [-0.4, -0.2) is 21.0 Å². The Morgan fingerprint density at radius 3 is 2.54 bits per heavy atom. The molecule has 2 N–H and O–H groups in total. The highest BCUT2D eigenvalue weighted by Crippen LogP contribution is 2.29. The first-order valence-corrected chi connectivity index (χ1v) is 9.89. The van der Waals surface area contributed by atoms with Gasteiger partial charge >= 0.3 is 5.97 Å². The zero-order valence-corrected chi connectivity index (χ0v) is 17.0. The van der Waals surface area contributed by atoms with Crippen LogP contribution in [0.25, 0.3) is 11.4 Å². The number of thiophene rings is 1. The van der Waals surface area contributed by atoms with E-state index in [0.717, 1.165) is 33.9 Å². The van der Waals surface area contributed by atoms with Crippen LogP contribution in [-0.2, 0) is 16.6 Å². The molecule has 28 heavy (non-hydrogen) atoms. The number of carboxylic acid groups (broad SMARTS) is 1. The third-order valence-electron chi connectivity index (χ3n) is 4.75. The highest BCUT2D eigenvalue weighted by Gasteiger charge is 2.29. The number of anilines is 2. The third-order valence-corrected chi connectivity index (χ3v) is 5.43. The first kappa shape index (κ1) is 19.8. The van der Waals surface area contributed by atoms with E-state index in [1.807, 2.05) is 54.1 Å². The Bertz CT molecular complexity index is 993. The summed E-state index contributed by atoms with van der Waals surface area (Å²) in [6, 6.07) is 9.41. The molecule has 0 aliphatic heterocycles. The van der Waals surface area contributed by atoms with Crippen molar-refractivity contribution in [2.45, 2.75) is 32.6 Å². The minimum atomic E-state index is -0.940. The van der Waals surface area contributed by atoms with Crippen LogP contribution in [0.2, 0.25) is 0 Å². The zero-order chi connectivity index (χ0) is 20.3. The number of allylic oxidation sites excluding steroid dienone is 1. The summed E-state index contributed by atoms with van der Waals surface area (Å²) >= 11 is 1.61. The van der Waals surface area contributed by atoms with Gasteiger partial charge in [-0.05, 0) is 56.3 Å². The lowest BCUT2D eigenvalue weighted by Gasteiger charge is -2.20. The van der Waals surface area contributed by atoms with Gasteiger partial charge < -0.3 is 10.4 Å². The van der Waals surface area contributed by atoms with Crippen molar-refractivity contribution in [1.82, 2.24) is 9.97 Å². The fraction of sp³-hybridized carbons (Fsp3) is 0.227. The molecule has 0 fully saturated rings. The molecule has 0 atom stereocenters. The van der Waals surface area contributed by atoms with Crippen LogP contribution >= 0.6 is 11.3 Å². The first-order chi connectivity index (χ1) is 13.3. The Morgan fingerprint density at radius 1 is 1.25 bits per heavy atom. The van der Waals surface area contributed by atoms with Crippen LogP contribution in [0.1, 0.15) is 30.7 Å². The normalized spacial score (nSPS) is 11.2. The molecular formula is C22H23N3O2S. The molecular weight excluding hydrogens is 370 g/mol. The van der Waals surface area contributed by atoms with Gasteiger partial charge in [0.05, 0.1) is 5.41 Å². The number of aromatic nitrogens is 2. The van der Waals surface area contributed by atoms with Crippen molar-refractivity contribution in [3.05, 3.63) is 70.6 Å². The van der Waals surface area contributed by atoms with Crippen LogP contribution in [0.3, 0.4) is 0 Å². The van der Waals surface area contributed by atoms with Crippen molar-refractivity contribution in [2.75, 3.05) is 5.32 Å². The molecule has 0 amide bonds. The Labute approximate surface area is 168 Å². The highest BCUT2D eigenvalue weighted by atomic mass is 32.1. The predicted molar refractivity (Wildman–Crippen MR) is 114 cm³/mol. The zero-order valence-electron chi connectivity index (χ0n) is 16.2. The number of rotatable bonds is 7. The summed E-state index contributed by atoms with van der Waals surface area (Å²) in [7, 11) is 0. The van der Waals surface area contributed by atoms with Crippen LogP contribution in [0.5, 0.6) is 0 Å². The Hall–Kier alpha value is -2.99. The number of nitrogens with one attached hydrogen (secondary N) is 1. The molecule has 0 spiro atoms. The smallest absolute Gasteiger partial charge is 0.313 e. The quantitative estimate of drug-likeness (QED) is 0.529. The van der Waals surface area contributed by atoms with Gasteiger partial charge in [0, 0.05) is 27.9 Å².